The molecule has 3 rings (SSSR count). The molecule has 1 heterocycles. The molecule has 0 atom stereocenters. The first kappa shape index (κ1) is 13.5. The SMILES string of the molecule is Nc1c(Cl)cc(CN2CCc3ccc(F)cc32)cc1Cl. The van der Waals surface area contributed by atoms with E-state index in [2.05, 4.69) is 4.90 Å². The number of fused-ring (bicyclic) bond motifs is 1. The number of nitrogen functional groups attached to an aromatic ring is 1. The molecule has 0 saturated carbocycles. The van der Waals surface area contributed by atoms with Gasteiger partial charge in [0.2, 0.25) is 0 Å². The minimum absolute atomic E-state index is 0.218. The Hall–Kier alpha value is -1.45. The molecule has 0 radical (unpaired) electrons. The Morgan fingerprint density at radius 2 is 1.85 bits per heavy atom. The molecule has 0 bridgehead atoms. The summed E-state index contributed by atoms with van der Waals surface area (Å²) in [6.45, 7) is 1.49. The Labute approximate surface area is 126 Å². The van der Waals surface area contributed by atoms with E-state index in [1.807, 2.05) is 6.07 Å². The van der Waals surface area contributed by atoms with Gasteiger partial charge in [0.25, 0.3) is 0 Å². The molecule has 0 fully saturated rings. The fraction of sp³-hybridized carbons (Fsp3) is 0.200. The third-order valence-electron chi connectivity index (χ3n) is 3.55. The van der Waals surface area contributed by atoms with Gasteiger partial charge in [-0.1, -0.05) is 29.3 Å². The predicted octanol–water partition coefficient (Wildman–Crippen LogP) is 4.28. The number of anilines is 2. The third kappa shape index (κ3) is 2.43. The highest BCUT2D eigenvalue weighted by atomic mass is 35.5. The number of nitrogens with two attached hydrogens (primary N) is 1. The Bertz CT molecular complexity index is 650. The molecular weight excluding hydrogens is 298 g/mol. The van der Waals surface area contributed by atoms with Gasteiger partial charge in [-0.2, -0.15) is 0 Å². The van der Waals surface area contributed by atoms with Crippen LogP contribution in [-0.2, 0) is 13.0 Å². The standard InChI is InChI=1S/C15H13Cl2FN2/c16-12-5-9(6-13(17)15(12)19)8-20-4-3-10-1-2-11(18)7-14(10)20/h1-2,5-7H,3-4,8,19H2. The molecule has 0 aliphatic carbocycles. The summed E-state index contributed by atoms with van der Waals surface area (Å²) in [5.41, 5.74) is 9.19. The lowest BCUT2D eigenvalue weighted by Gasteiger charge is -2.20. The smallest absolute Gasteiger partial charge is 0.125 e. The van der Waals surface area contributed by atoms with Crippen molar-refractivity contribution in [2.45, 2.75) is 13.0 Å². The molecule has 2 aromatic carbocycles. The van der Waals surface area contributed by atoms with Crippen molar-refractivity contribution in [1.29, 1.82) is 0 Å². The maximum Gasteiger partial charge on any atom is 0.125 e. The van der Waals surface area contributed by atoms with Gasteiger partial charge >= 0.3 is 0 Å². The summed E-state index contributed by atoms with van der Waals surface area (Å²) in [4.78, 5) is 2.12. The number of rotatable bonds is 2. The molecule has 5 heteroatoms. The quantitative estimate of drug-likeness (QED) is 0.839. The predicted molar refractivity (Wildman–Crippen MR) is 82.0 cm³/mol. The van der Waals surface area contributed by atoms with Gasteiger partial charge < -0.3 is 10.6 Å². The molecule has 2 N–H and O–H groups in total. The van der Waals surface area contributed by atoms with Crippen molar-refractivity contribution in [1.82, 2.24) is 0 Å². The van der Waals surface area contributed by atoms with Gasteiger partial charge in [0, 0.05) is 18.8 Å². The Morgan fingerprint density at radius 1 is 1.15 bits per heavy atom. The summed E-state index contributed by atoms with van der Waals surface area (Å²) in [6.07, 6.45) is 0.923. The monoisotopic (exact) mass is 310 g/mol. The van der Waals surface area contributed by atoms with Crippen LogP contribution >= 0.6 is 23.2 Å². The summed E-state index contributed by atoms with van der Waals surface area (Å²) < 4.78 is 13.4. The zero-order valence-corrected chi connectivity index (χ0v) is 12.2. The van der Waals surface area contributed by atoms with Gasteiger partial charge in [-0.15, -0.1) is 0 Å². The van der Waals surface area contributed by atoms with Crippen LogP contribution < -0.4 is 10.6 Å². The van der Waals surface area contributed by atoms with E-state index in [0.717, 1.165) is 24.2 Å². The molecule has 2 aromatic rings. The molecule has 0 aromatic heterocycles. The van der Waals surface area contributed by atoms with Crippen molar-refractivity contribution in [3.63, 3.8) is 0 Å². The summed E-state index contributed by atoms with van der Waals surface area (Å²) in [5, 5.41) is 0.900. The highest BCUT2D eigenvalue weighted by Gasteiger charge is 2.20. The first-order chi connectivity index (χ1) is 9.54. The topological polar surface area (TPSA) is 29.3 Å². The van der Waals surface area contributed by atoms with Crippen molar-refractivity contribution in [2.24, 2.45) is 0 Å². The molecule has 0 unspecified atom stereocenters. The van der Waals surface area contributed by atoms with E-state index in [9.17, 15) is 4.39 Å². The molecule has 104 valence electrons. The van der Waals surface area contributed by atoms with Crippen LogP contribution in [0, 0.1) is 5.82 Å². The van der Waals surface area contributed by atoms with Crippen LogP contribution in [-0.4, -0.2) is 6.54 Å². The number of halogens is 3. The molecular formula is C15H13Cl2FN2. The minimum Gasteiger partial charge on any atom is -0.396 e. The van der Waals surface area contributed by atoms with Crippen molar-refractivity contribution in [2.75, 3.05) is 17.2 Å². The lowest BCUT2D eigenvalue weighted by molar-refractivity contribution is 0.627. The second kappa shape index (κ2) is 5.15. The maximum atomic E-state index is 13.4. The summed E-state index contributed by atoms with van der Waals surface area (Å²) in [6, 6.07) is 8.52. The number of hydrogen-bond acceptors (Lipinski definition) is 2. The normalized spacial score (nSPS) is 13.7. The Kier molecular flexibility index (Phi) is 3.48. The van der Waals surface area contributed by atoms with Gasteiger partial charge in [0.1, 0.15) is 5.82 Å². The van der Waals surface area contributed by atoms with Crippen LogP contribution in [0.2, 0.25) is 10.0 Å². The minimum atomic E-state index is -0.218. The molecule has 20 heavy (non-hydrogen) atoms. The Morgan fingerprint density at radius 3 is 2.55 bits per heavy atom. The lowest BCUT2D eigenvalue weighted by atomic mass is 10.1. The van der Waals surface area contributed by atoms with Gasteiger partial charge in [-0.25, -0.2) is 4.39 Å². The van der Waals surface area contributed by atoms with E-state index >= 15 is 0 Å². The van der Waals surface area contributed by atoms with E-state index in [4.69, 9.17) is 28.9 Å². The largest absolute Gasteiger partial charge is 0.396 e. The molecule has 0 amide bonds. The highest BCUT2D eigenvalue weighted by molar-refractivity contribution is 6.38. The second-order valence-corrected chi connectivity index (χ2v) is 5.73. The summed E-state index contributed by atoms with van der Waals surface area (Å²) in [7, 11) is 0. The zero-order valence-electron chi connectivity index (χ0n) is 10.7. The molecule has 1 aliphatic heterocycles. The first-order valence-corrected chi connectivity index (χ1v) is 7.07. The fourth-order valence-electron chi connectivity index (χ4n) is 2.53. The van der Waals surface area contributed by atoms with Crippen molar-refractivity contribution < 1.29 is 4.39 Å². The molecule has 0 spiro atoms. The first-order valence-electron chi connectivity index (χ1n) is 6.31. The number of benzene rings is 2. The lowest BCUT2D eigenvalue weighted by Crippen LogP contribution is -2.19. The molecule has 2 nitrogen and oxygen atoms in total. The van der Waals surface area contributed by atoms with Crippen LogP contribution in [0.3, 0.4) is 0 Å². The Balaban J connectivity index is 1.89. The summed E-state index contributed by atoms with van der Waals surface area (Å²) >= 11 is 12.1. The average Bonchev–Trinajstić information content (AvgIpc) is 2.78. The molecule has 0 saturated heterocycles. The third-order valence-corrected chi connectivity index (χ3v) is 4.18. The van der Waals surface area contributed by atoms with Gasteiger partial charge in [-0.05, 0) is 41.8 Å². The van der Waals surface area contributed by atoms with E-state index in [-0.39, 0.29) is 5.82 Å². The van der Waals surface area contributed by atoms with Crippen molar-refractivity contribution in [3.8, 4) is 0 Å². The molecule has 1 aliphatic rings. The van der Waals surface area contributed by atoms with Gasteiger partial charge in [0.15, 0.2) is 0 Å². The summed E-state index contributed by atoms with van der Waals surface area (Å²) in [5.74, 6) is -0.218. The van der Waals surface area contributed by atoms with E-state index in [1.165, 1.54) is 11.6 Å². The zero-order chi connectivity index (χ0) is 14.3. The van der Waals surface area contributed by atoms with Crippen LogP contribution in [0.1, 0.15) is 11.1 Å². The maximum absolute atomic E-state index is 13.4. The van der Waals surface area contributed by atoms with Crippen LogP contribution in [0.25, 0.3) is 0 Å². The van der Waals surface area contributed by atoms with E-state index in [0.29, 0.717) is 22.3 Å². The number of hydrogen-bond donors (Lipinski definition) is 1. The van der Waals surface area contributed by atoms with Gasteiger partial charge in [-0.3, -0.25) is 0 Å². The van der Waals surface area contributed by atoms with Crippen molar-refractivity contribution in [3.05, 3.63) is 57.3 Å². The fourth-order valence-corrected chi connectivity index (χ4v) is 3.06. The highest BCUT2D eigenvalue weighted by Crippen LogP contribution is 2.33. The van der Waals surface area contributed by atoms with Gasteiger partial charge in [0.05, 0.1) is 15.7 Å². The van der Waals surface area contributed by atoms with Crippen LogP contribution in [0.15, 0.2) is 30.3 Å². The van der Waals surface area contributed by atoms with E-state index < -0.39 is 0 Å². The number of nitrogens with zero attached hydrogens (tertiary/aromatic N) is 1. The van der Waals surface area contributed by atoms with E-state index in [1.54, 1.807) is 18.2 Å². The van der Waals surface area contributed by atoms with Crippen LogP contribution in [0.5, 0.6) is 0 Å². The average molecular weight is 311 g/mol. The van der Waals surface area contributed by atoms with Crippen molar-refractivity contribution >= 4 is 34.6 Å². The second-order valence-electron chi connectivity index (χ2n) is 4.92. The van der Waals surface area contributed by atoms with Crippen LogP contribution in [0.4, 0.5) is 15.8 Å².